The first-order chi connectivity index (χ1) is 15.9. The molecule has 168 valence electrons. The van der Waals surface area contributed by atoms with Gasteiger partial charge in [-0.25, -0.2) is 9.59 Å². The van der Waals surface area contributed by atoms with Crippen molar-refractivity contribution < 1.29 is 24.2 Å². The Morgan fingerprint density at radius 1 is 0.939 bits per heavy atom. The number of nitrogens with one attached hydrogen (secondary N) is 1. The van der Waals surface area contributed by atoms with Crippen LogP contribution in [-0.4, -0.2) is 35.7 Å². The highest BCUT2D eigenvalue weighted by molar-refractivity contribution is 5.92. The smallest absolute Gasteiger partial charge is 0.407 e. The van der Waals surface area contributed by atoms with Crippen LogP contribution in [0.4, 0.5) is 4.79 Å². The number of hydrogen-bond donors (Lipinski definition) is 3. The van der Waals surface area contributed by atoms with Crippen LogP contribution in [-0.2, 0) is 16.0 Å². The number of ether oxygens (including phenoxy) is 1. The first-order valence-corrected chi connectivity index (χ1v) is 10.7. The van der Waals surface area contributed by atoms with Gasteiger partial charge in [-0.3, -0.25) is 4.79 Å². The van der Waals surface area contributed by atoms with Crippen molar-refractivity contribution in [3.8, 4) is 11.1 Å². The summed E-state index contributed by atoms with van der Waals surface area (Å²) in [5, 5.41) is 12.0. The molecule has 0 aromatic heterocycles. The Morgan fingerprint density at radius 3 is 2.18 bits per heavy atom. The van der Waals surface area contributed by atoms with Gasteiger partial charge in [-0.2, -0.15) is 0 Å². The standard InChI is InChI=1S/C26H24N2O5/c27-24(29)17-7-5-6-16(14-17)12-13-23(25(30)31)28-26(32)33-15-22-20-10-3-1-8-18(20)19-9-2-4-11-21(19)22/h1-11,14,22-23H,12-13,15H2,(H2,27,29)(H,28,32)(H,30,31)/t23-/m0/s1. The van der Waals surface area contributed by atoms with Crippen molar-refractivity contribution in [2.24, 2.45) is 5.73 Å². The van der Waals surface area contributed by atoms with Crippen molar-refractivity contribution in [3.05, 3.63) is 95.1 Å². The van der Waals surface area contributed by atoms with E-state index in [2.05, 4.69) is 5.32 Å². The molecule has 1 aliphatic carbocycles. The highest BCUT2D eigenvalue weighted by atomic mass is 16.5. The lowest BCUT2D eigenvalue weighted by molar-refractivity contribution is -0.139. The number of nitrogens with two attached hydrogens (primary N) is 1. The summed E-state index contributed by atoms with van der Waals surface area (Å²) in [7, 11) is 0. The number of alkyl carbamates (subject to hydrolysis) is 1. The average Bonchev–Trinajstić information content (AvgIpc) is 3.14. The van der Waals surface area contributed by atoms with Gasteiger partial charge in [-0.15, -0.1) is 0 Å². The van der Waals surface area contributed by atoms with Crippen LogP contribution in [0.5, 0.6) is 0 Å². The quantitative estimate of drug-likeness (QED) is 0.489. The van der Waals surface area contributed by atoms with E-state index in [1.165, 1.54) is 0 Å². The maximum Gasteiger partial charge on any atom is 0.407 e. The number of benzene rings is 3. The van der Waals surface area contributed by atoms with E-state index < -0.39 is 24.0 Å². The van der Waals surface area contributed by atoms with Crippen LogP contribution in [0, 0.1) is 0 Å². The molecule has 0 heterocycles. The van der Waals surface area contributed by atoms with Crippen LogP contribution in [0.2, 0.25) is 0 Å². The van der Waals surface area contributed by atoms with E-state index in [0.717, 1.165) is 27.8 Å². The van der Waals surface area contributed by atoms with Gasteiger partial charge < -0.3 is 20.9 Å². The highest BCUT2D eigenvalue weighted by Gasteiger charge is 2.29. The van der Waals surface area contributed by atoms with Crippen LogP contribution in [0.25, 0.3) is 11.1 Å². The molecule has 4 rings (SSSR count). The molecule has 0 bridgehead atoms. The molecule has 0 fully saturated rings. The van der Waals surface area contributed by atoms with E-state index in [4.69, 9.17) is 10.5 Å². The molecule has 0 aliphatic heterocycles. The van der Waals surface area contributed by atoms with Gasteiger partial charge in [0.25, 0.3) is 0 Å². The van der Waals surface area contributed by atoms with E-state index in [1.54, 1.807) is 24.3 Å². The number of aryl methyl sites for hydroxylation is 1. The van der Waals surface area contributed by atoms with Crippen molar-refractivity contribution in [3.63, 3.8) is 0 Å². The summed E-state index contributed by atoms with van der Waals surface area (Å²) in [6.07, 6.45) is -0.293. The van der Waals surface area contributed by atoms with E-state index in [0.29, 0.717) is 12.0 Å². The number of carbonyl (C=O) groups is 3. The van der Waals surface area contributed by atoms with E-state index in [1.807, 2.05) is 48.5 Å². The number of carboxylic acid groups (broad SMARTS) is 1. The fourth-order valence-corrected chi connectivity index (χ4v) is 4.23. The third-order valence-electron chi connectivity index (χ3n) is 5.87. The fraction of sp³-hybridized carbons (Fsp3) is 0.192. The normalized spacial score (nSPS) is 13.0. The Balaban J connectivity index is 1.38. The van der Waals surface area contributed by atoms with E-state index >= 15 is 0 Å². The molecule has 1 atom stereocenters. The summed E-state index contributed by atoms with van der Waals surface area (Å²) in [6.45, 7) is 0.104. The molecule has 2 amide bonds. The number of carboxylic acids is 1. The SMILES string of the molecule is NC(=O)c1cccc(CC[C@H](NC(=O)OCC2c3ccccc3-c3ccccc32)C(=O)O)c1. The lowest BCUT2D eigenvalue weighted by Crippen LogP contribution is -2.41. The third-order valence-corrected chi connectivity index (χ3v) is 5.87. The molecule has 0 saturated carbocycles. The minimum absolute atomic E-state index is 0.104. The monoisotopic (exact) mass is 444 g/mol. The number of carbonyl (C=O) groups excluding carboxylic acids is 2. The molecule has 3 aromatic carbocycles. The molecule has 0 saturated heterocycles. The highest BCUT2D eigenvalue weighted by Crippen LogP contribution is 2.44. The van der Waals surface area contributed by atoms with Gasteiger partial charge in [0.15, 0.2) is 0 Å². The zero-order chi connectivity index (χ0) is 23.4. The Hall–Kier alpha value is -4.13. The van der Waals surface area contributed by atoms with Gasteiger partial charge in [0.1, 0.15) is 12.6 Å². The molecule has 3 aromatic rings. The Morgan fingerprint density at radius 2 is 1.58 bits per heavy atom. The van der Waals surface area contributed by atoms with Crippen LogP contribution in [0.3, 0.4) is 0 Å². The predicted octanol–water partition coefficient (Wildman–Crippen LogP) is 3.71. The van der Waals surface area contributed by atoms with Crippen LogP contribution in [0.1, 0.15) is 39.4 Å². The summed E-state index contributed by atoms with van der Waals surface area (Å²) in [6, 6.07) is 21.5. The first-order valence-electron chi connectivity index (χ1n) is 10.7. The van der Waals surface area contributed by atoms with Gasteiger partial charge in [0.2, 0.25) is 5.91 Å². The molecule has 7 nitrogen and oxygen atoms in total. The van der Waals surface area contributed by atoms with Crippen LogP contribution in [0.15, 0.2) is 72.8 Å². The van der Waals surface area contributed by atoms with Crippen molar-refractivity contribution >= 4 is 18.0 Å². The molecular weight excluding hydrogens is 420 g/mol. The fourth-order valence-electron chi connectivity index (χ4n) is 4.23. The number of fused-ring (bicyclic) bond motifs is 3. The topological polar surface area (TPSA) is 119 Å². The van der Waals surface area contributed by atoms with Gasteiger partial charge in [-0.1, -0.05) is 60.7 Å². The average molecular weight is 444 g/mol. The van der Waals surface area contributed by atoms with E-state index in [9.17, 15) is 19.5 Å². The Bertz CT molecular complexity index is 1160. The molecular formula is C26H24N2O5. The number of rotatable bonds is 8. The van der Waals surface area contributed by atoms with Crippen molar-refractivity contribution in [1.82, 2.24) is 5.32 Å². The second-order valence-corrected chi connectivity index (χ2v) is 7.96. The third kappa shape index (κ3) is 4.87. The molecule has 4 N–H and O–H groups in total. The maximum atomic E-state index is 12.4. The summed E-state index contributed by atoms with van der Waals surface area (Å²) in [5.41, 5.74) is 10.8. The number of amides is 2. The molecule has 7 heteroatoms. The van der Waals surface area contributed by atoms with E-state index in [-0.39, 0.29) is 18.9 Å². The maximum absolute atomic E-state index is 12.4. The van der Waals surface area contributed by atoms with Crippen molar-refractivity contribution in [1.29, 1.82) is 0 Å². The van der Waals surface area contributed by atoms with Gasteiger partial charge in [-0.05, 0) is 52.8 Å². The predicted molar refractivity (Wildman–Crippen MR) is 123 cm³/mol. The largest absolute Gasteiger partial charge is 0.480 e. The van der Waals surface area contributed by atoms with Crippen molar-refractivity contribution in [2.75, 3.05) is 6.61 Å². The molecule has 33 heavy (non-hydrogen) atoms. The Kier molecular flexibility index (Phi) is 6.40. The molecule has 0 radical (unpaired) electrons. The first kappa shape index (κ1) is 22.1. The molecule has 0 spiro atoms. The summed E-state index contributed by atoms with van der Waals surface area (Å²) in [5.74, 6) is -1.82. The number of primary amides is 1. The van der Waals surface area contributed by atoms with Crippen LogP contribution < -0.4 is 11.1 Å². The summed E-state index contributed by atoms with van der Waals surface area (Å²) >= 11 is 0. The second kappa shape index (κ2) is 9.56. The van der Waals surface area contributed by atoms with Gasteiger partial charge in [0, 0.05) is 11.5 Å². The van der Waals surface area contributed by atoms with Crippen LogP contribution >= 0.6 is 0 Å². The van der Waals surface area contributed by atoms with Gasteiger partial charge in [0.05, 0.1) is 0 Å². The number of aliphatic carboxylic acids is 1. The zero-order valence-electron chi connectivity index (χ0n) is 17.9. The minimum Gasteiger partial charge on any atom is -0.480 e. The molecule has 1 aliphatic rings. The summed E-state index contributed by atoms with van der Waals surface area (Å²) in [4.78, 5) is 35.4. The Labute approximate surface area is 191 Å². The number of hydrogen-bond acceptors (Lipinski definition) is 4. The van der Waals surface area contributed by atoms with Crippen molar-refractivity contribution in [2.45, 2.75) is 24.8 Å². The lowest BCUT2D eigenvalue weighted by Gasteiger charge is -2.17. The van der Waals surface area contributed by atoms with Gasteiger partial charge >= 0.3 is 12.1 Å². The lowest BCUT2D eigenvalue weighted by atomic mass is 9.98. The summed E-state index contributed by atoms with van der Waals surface area (Å²) < 4.78 is 5.45. The zero-order valence-corrected chi connectivity index (χ0v) is 17.9. The minimum atomic E-state index is -1.16. The molecule has 0 unspecified atom stereocenters. The second-order valence-electron chi connectivity index (χ2n) is 7.96.